The number of aromatic nitrogens is 3. The second kappa shape index (κ2) is 6.04. The van der Waals surface area contributed by atoms with Crippen LogP contribution in [0.5, 0.6) is 0 Å². The fourth-order valence-corrected chi connectivity index (χ4v) is 2.62. The molecule has 2 aromatic rings. The van der Waals surface area contributed by atoms with E-state index in [4.69, 9.17) is 0 Å². The zero-order valence-electron chi connectivity index (χ0n) is 12.4. The Bertz CT molecular complexity index is 690. The number of ether oxygens (including phenoxy) is 1. The lowest BCUT2D eigenvalue weighted by atomic mass is 10.3. The van der Waals surface area contributed by atoms with Gasteiger partial charge in [0.25, 0.3) is 5.92 Å². The smallest absolute Gasteiger partial charge is 0.315 e. The van der Waals surface area contributed by atoms with Crippen molar-refractivity contribution in [3.63, 3.8) is 0 Å². The minimum atomic E-state index is -3.01. The van der Waals surface area contributed by atoms with Gasteiger partial charge in [-0.3, -0.25) is 9.36 Å². The number of methoxy groups -OCH3 is 1. The lowest BCUT2D eigenvalue weighted by Gasteiger charge is -2.07. The molecule has 1 aliphatic carbocycles. The Morgan fingerprint density at radius 2 is 2.13 bits per heavy atom. The third-order valence-corrected chi connectivity index (χ3v) is 3.96. The Morgan fingerprint density at radius 3 is 2.83 bits per heavy atom. The molecule has 1 saturated carbocycles. The summed E-state index contributed by atoms with van der Waals surface area (Å²) in [4.78, 5) is 11.3. The Morgan fingerprint density at radius 1 is 1.39 bits per heavy atom. The fourth-order valence-electron chi connectivity index (χ4n) is 2.62. The van der Waals surface area contributed by atoms with E-state index in [0.29, 0.717) is 5.82 Å². The predicted molar refractivity (Wildman–Crippen MR) is 77.0 cm³/mol. The second-order valence-electron chi connectivity index (χ2n) is 5.37. The Kier molecular flexibility index (Phi) is 4.08. The zero-order valence-corrected chi connectivity index (χ0v) is 12.4. The Hall–Kier alpha value is -2.35. The van der Waals surface area contributed by atoms with Gasteiger partial charge >= 0.3 is 5.97 Å². The van der Waals surface area contributed by atoms with Crippen molar-refractivity contribution < 1.29 is 18.3 Å². The molecule has 0 saturated heterocycles. The summed E-state index contributed by atoms with van der Waals surface area (Å²) in [5.41, 5.74) is 0.887. The van der Waals surface area contributed by atoms with Crippen LogP contribution in [-0.4, -0.2) is 40.3 Å². The van der Waals surface area contributed by atoms with Crippen LogP contribution in [0.15, 0.2) is 36.7 Å². The molecule has 0 bridgehead atoms. The van der Waals surface area contributed by atoms with E-state index >= 15 is 0 Å². The lowest BCUT2D eigenvalue weighted by Crippen LogP contribution is -2.21. The molecule has 8 heteroatoms. The number of halogens is 2. The lowest BCUT2D eigenvalue weighted by molar-refractivity contribution is -0.144. The van der Waals surface area contributed by atoms with E-state index in [9.17, 15) is 13.6 Å². The van der Waals surface area contributed by atoms with E-state index in [1.165, 1.54) is 0 Å². The molecule has 0 spiro atoms. The monoisotopic (exact) mass is 322 g/mol. The molecule has 3 rings (SSSR count). The van der Waals surface area contributed by atoms with E-state index in [-0.39, 0.29) is 13.1 Å². The number of esters is 1. The van der Waals surface area contributed by atoms with Crippen molar-refractivity contribution in [2.75, 3.05) is 13.7 Å². The molecule has 0 aliphatic heterocycles. The number of para-hydroxylation sites is 1. The number of carbonyl (C=O) groups is 1. The van der Waals surface area contributed by atoms with E-state index in [0.717, 1.165) is 12.8 Å². The highest BCUT2D eigenvalue weighted by molar-refractivity contribution is 5.78. The van der Waals surface area contributed by atoms with Gasteiger partial charge in [0.2, 0.25) is 0 Å². The number of alkyl halides is 2. The molecule has 1 N–H and O–H groups in total. The number of rotatable bonds is 6. The second-order valence-corrected chi connectivity index (χ2v) is 5.37. The molecule has 6 nitrogen and oxygen atoms in total. The fraction of sp³-hybridized carbons (Fsp3) is 0.400. The Balaban J connectivity index is 1.59. The average Bonchev–Trinajstić information content (AvgIpc) is 2.89. The molecule has 1 aromatic carbocycles. The van der Waals surface area contributed by atoms with Crippen LogP contribution in [0, 0.1) is 11.8 Å². The van der Waals surface area contributed by atoms with Crippen LogP contribution in [0.4, 0.5) is 8.78 Å². The summed E-state index contributed by atoms with van der Waals surface area (Å²) in [5, 5.41) is 10.7. The summed E-state index contributed by atoms with van der Waals surface area (Å²) in [6.07, 6.45) is 1.56. The van der Waals surface area contributed by atoms with Crippen molar-refractivity contribution in [3.8, 4) is 5.69 Å². The molecule has 1 aromatic heterocycles. The van der Waals surface area contributed by atoms with Gasteiger partial charge in [0, 0.05) is 12.2 Å². The highest BCUT2D eigenvalue weighted by atomic mass is 19.3. The number of nitrogens with zero attached hydrogens (tertiary/aromatic N) is 3. The van der Waals surface area contributed by atoms with E-state index < -0.39 is 23.7 Å². The summed E-state index contributed by atoms with van der Waals surface area (Å²) < 4.78 is 33.2. The summed E-state index contributed by atoms with van der Waals surface area (Å²) in [6, 6.07) is 9.47. The zero-order chi connectivity index (χ0) is 16.4. The number of nitrogens with one attached hydrogen (secondary N) is 1. The van der Waals surface area contributed by atoms with Gasteiger partial charge in [-0.15, -0.1) is 10.2 Å². The molecule has 0 radical (unpaired) electrons. The van der Waals surface area contributed by atoms with Gasteiger partial charge < -0.3 is 10.1 Å². The van der Waals surface area contributed by atoms with Crippen LogP contribution < -0.4 is 5.32 Å². The van der Waals surface area contributed by atoms with Gasteiger partial charge in [-0.2, -0.15) is 0 Å². The summed E-state index contributed by atoms with van der Waals surface area (Å²) >= 11 is 0. The Labute approximate surface area is 131 Å². The van der Waals surface area contributed by atoms with Gasteiger partial charge in [0.1, 0.15) is 12.2 Å². The largest absolute Gasteiger partial charge is 0.469 e. The molecule has 122 valence electrons. The molecule has 1 fully saturated rings. The first-order valence-corrected chi connectivity index (χ1v) is 7.16. The van der Waals surface area contributed by atoms with Crippen molar-refractivity contribution in [1.82, 2.24) is 20.1 Å². The van der Waals surface area contributed by atoms with Crippen LogP contribution in [0.2, 0.25) is 0 Å². The van der Waals surface area contributed by atoms with Crippen LogP contribution in [0.1, 0.15) is 5.82 Å². The predicted octanol–water partition coefficient (Wildman–Crippen LogP) is 1.41. The number of carbonyl (C=O) groups excluding carboxylic acids is 1. The summed E-state index contributed by atoms with van der Waals surface area (Å²) in [7, 11) is 1.11. The average molecular weight is 322 g/mol. The molecular formula is C15H16F2N4O2. The third-order valence-electron chi connectivity index (χ3n) is 3.96. The molecule has 2 unspecified atom stereocenters. The number of hydrogen-bond acceptors (Lipinski definition) is 5. The van der Waals surface area contributed by atoms with Crippen molar-refractivity contribution in [2.24, 2.45) is 11.8 Å². The van der Waals surface area contributed by atoms with E-state index in [1.807, 2.05) is 30.3 Å². The van der Waals surface area contributed by atoms with Gasteiger partial charge in [0.05, 0.1) is 19.6 Å². The van der Waals surface area contributed by atoms with Crippen LogP contribution >= 0.6 is 0 Å². The van der Waals surface area contributed by atoms with E-state index in [1.54, 1.807) is 10.9 Å². The highest BCUT2D eigenvalue weighted by Gasteiger charge is 2.72. The van der Waals surface area contributed by atoms with Gasteiger partial charge in [0.15, 0.2) is 5.82 Å². The molecule has 2 atom stereocenters. The standard InChI is InChI=1S/C15H16F2N4O2/c1-23-14(22)13-11(15(13,16)17)7-18-8-12-20-19-9-21(12)10-5-3-2-4-6-10/h2-6,9,11,13,18H,7-8H2,1H3. The third kappa shape index (κ3) is 2.94. The topological polar surface area (TPSA) is 69.0 Å². The summed E-state index contributed by atoms with van der Waals surface area (Å²) in [6.45, 7) is 0.282. The molecule has 23 heavy (non-hydrogen) atoms. The van der Waals surface area contributed by atoms with E-state index in [2.05, 4.69) is 20.3 Å². The van der Waals surface area contributed by atoms with Crippen molar-refractivity contribution >= 4 is 5.97 Å². The maximum absolute atomic E-state index is 13.5. The first-order chi connectivity index (χ1) is 11.1. The van der Waals surface area contributed by atoms with Crippen molar-refractivity contribution in [1.29, 1.82) is 0 Å². The maximum atomic E-state index is 13.5. The van der Waals surface area contributed by atoms with Crippen LogP contribution in [0.25, 0.3) is 5.69 Å². The van der Waals surface area contributed by atoms with Crippen molar-refractivity contribution in [3.05, 3.63) is 42.5 Å². The summed E-state index contributed by atoms with van der Waals surface area (Å²) in [5.74, 6) is -5.66. The molecule has 1 heterocycles. The number of benzene rings is 1. The highest BCUT2D eigenvalue weighted by Crippen LogP contribution is 2.55. The van der Waals surface area contributed by atoms with Gasteiger partial charge in [-0.25, -0.2) is 8.78 Å². The SMILES string of the molecule is COC(=O)C1C(CNCc2nncn2-c2ccccc2)C1(F)F. The van der Waals surface area contributed by atoms with Crippen molar-refractivity contribution in [2.45, 2.75) is 12.5 Å². The normalized spacial score (nSPS) is 21.9. The van der Waals surface area contributed by atoms with Crippen LogP contribution in [-0.2, 0) is 16.1 Å². The molecular weight excluding hydrogens is 306 g/mol. The van der Waals surface area contributed by atoms with Gasteiger partial charge in [-0.05, 0) is 12.1 Å². The number of hydrogen-bond donors (Lipinski definition) is 1. The first-order valence-electron chi connectivity index (χ1n) is 7.16. The first kappa shape index (κ1) is 15.5. The van der Waals surface area contributed by atoms with Crippen LogP contribution in [0.3, 0.4) is 0 Å². The maximum Gasteiger partial charge on any atom is 0.315 e. The minimum absolute atomic E-state index is 0.00835. The quantitative estimate of drug-likeness (QED) is 0.815. The molecule has 1 aliphatic rings. The molecule has 0 amide bonds. The van der Waals surface area contributed by atoms with Gasteiger partial charge in [-0.1, -0.05) is 18.2 Å². The minimum Gasteiger partial charge on any atom is -0.469 e.